The fourth-order valence-electron chi connectivity index (χ4n) is 4.73. The van der Waals surface area contributed by atoms with Crippen molar-refractivity contribution in [2.45, 2.75) is 30.4 Å². The molecule has 102 valence electrons. The van der Waals surface area contributed by atoms with Gasteiger partial charge in [-0.3, -0.25) is 4.90 Å². The molecule has 1 fully saturated rings. The van der Waals surface area contributed by atoms with E-state index in [0.717, 1.165) is 25.1 Å². The fraction of sp³-hybridized carbons (Fsp3) is 0.412. The van der Waals surface area contributed by atoms with Crippen LogP contribution in [0.5, 0.6) is 5.75 Å². The van der Waals surface area contributed by atoms with Crippen molar-refractivity contribution in [1.82, 2.24) is 4.90 Å². The second kappa shape index (κ2) is 3.34. The van der Waals surface area contributed by atoms with E-state index in [-0.39, 0.29) is 11.2 Å². The maximum atomic E-state index is 14.4. The first-order chi connectivity index (χ1) is 9.72. The van der Waals surface area contributed by atoms with Gasteiger partial charge in [0.05, 0.1) is 5.41 Å². The molecule has 3 heteroatoms. The van der Waals surface area contributed by atoms with Gasteiger partial charge in [-0.25, -0.2) is 4.39 Å². The third-order valence-corrected chi connectivity index (χ3v) is 5.60. The molecule has 0 aromatic heterocycles. The van der Waals surface area contributed by atoms with Gasteiger partial charge in [-0.05, 0) is 49.7 Å². The Morgan fingerprint density at radius 2 is 2.25 bits per heavy atom. The number of likely N-dealkylation sites (tertiary alicyclic amines) is 1. The smallest absolute Gasteiger partial charge is 0.163 e. The van der Waals surface area contributed by atoms with Gasteiger partial charge in [0.2, 0.25) is 0 Å². The Labute approximate surface area is 117 Å². The molecule has 2 bridgehead atoms. The molecule has 0 amide bonds. The monoisotopic (exact) mass is 269 g/mol. The Kier molecular flexibility index (Phi) is 1.85. The summed E-state index contributed by atoms with van der Waals surface area (Å²) < 4.78 is 20.4. The van der Waals surface area contributed by atoms with Crippen LogP contribution >= 0.6 is 0 Å². The third-order valence-electron chi connectivity index (χ3n) is 5.60. The number of rotatable bonds is 0. The number of ether oxygens (including phenoxy) is 1. The zero-order valence-corrected chi connectivity index (χ0v) is 11.4. The van der Waals surface area contributed by atoms with Crippen molar-refractivity contribution < 1.29 is 9.13 Å². The fourth-order valence-corrected chi connectivity index (χ4v) is 4.73. The summed E-state index contributed by atoms with van der Waals surface area (Å²) in [4.78, 5) is 2.40. The van der Waals surface area contributed by atoms with Gasteiger partial charge in [-0.2, -0.15) is 0 Å². The summed E-state index contributed by atoms with van der Waals surface area (Å²) in [6.07, 6.45) is 5.15. The van der Waals surface area contributed by atoms with Gasteiger partial charge in [-0.15, -0.1) is 0 Å². The Morgan fingerprint density at radius 3 is 3.15 bits per heavy atom. The number of hydrogen-bond acceptors (Lipinski definition) is 2. The summed E-state index contributed by atoms with van der Waals surface area (Å²) in [6.45, 7) is 1.00. The van der Waals surface area contributed by atoms with Gasteiger partial charge in [0, 0.05) is 11.6 Å². The number of piperidine rings is 1. The van der Waals surface area contributed by atoms with Crippen LogP contribution in [-0.4, -0.2) is 30.6 Å². The number of nitrogens with zero attached hydrogens (tertiary/aromatic N) is 1. The zero-order valence-electron chi connectivity index (χ0n) is 11.4. The Bertz CT molecular complexity index is 692. The van der Waals surface area contributed by atoms with E-state index in [1.807, 2.05) is 18.2 Å². The number of benzene rings is 1. The van der Waals surface area contributed by atoms with Crippen LogP contribution in [0.1, 0.15) is 17.5 Å². The lowest BCUT2D eigenvalue weighted by atomic mass is 9.57. The Hall–Kier alpha value is -1.61. The molecule has 0 radical (unpaired) electrons. The van der Waals surface area contributed by atoms with Crippen LogP contribution in [0.2, 0.25) is 0 Å². The molecule has 1 aromatic carbocycles. The first-order valence-corrected chi connectivity index (χ1v) is 7.29. The van der Waals surface area contributed by atoms with Crippen LogP contribution in [0.15, 0.2) is 41.8 Å². The highest BCUT2D eigenvalue weighted by Crippen LogP contribution is 2.60. The van der Waals surface area contributed by atoms with Crippen molar-refractivity contribution in [3.63, 3.8) is 0 Å². The van der Waals surface area contributed by atoms with E-state index < -0.39 is 6.10 Å². The third kappa shape index (κ3) is 1.03. The molecule has 0 saturated carbocycles. The van der Waals surface area contributed by atoms with Crippen LogP contribution in [0.3, 0.4) is 0 Å². The molecular formula is C17H16FNO. The molecule has 2 aliphatic carbocycles. The van der Waals surface area contributed by atoms with E-state index in [4.69, 9.17) is 4.74 Å². The number of allylic oxidation sites excluding steroid dienone is 2. The van der Waals surface area contributed by atoms with E-state index >= 15 is 0 Å². The molecule has 3 atom stereocenters. The normalized spacial score (nSPS) is 36.9. The molecule has 2 nitrogen and oxygen atoms in total. The average Bonchev–Trinajstić information content (AvgIpc) is 2.79. The minimum absolute atomic E-state index is 0.124. The number of likely N-dealkylation sites (N-methyl/N-ethyl adjacent to an activating group) is 1. The lowest BCUT2D eigenvalue weighted by molar-refractivity contribution is 0.0992. The Balaban J connectivity index is 1.88. The van der Waals surface area contributed by atoms with Crippen molar-refractivity contribution in [2.75, 3.05) is 13.6 Å². The van der Waals surface area contributed by atoms with E-state index in [1.54, 1.807) is 6.08 Å². The molecule has 20 heavy (non-hydrogen) atoms. The van der Waals surface area contributed by atoms with Gasteiger partial charge < -0.3 is 4.74 Å². The number of halogens is 1. The highest BCUT2D eigenvalue weighted by atomic mass is 19.1. The summed E-state index contributed by atoms with van der Waals surface area (Å²) in [7, 11) is 2.17. The summed E-state index contributed by atoms with van der Waals surface area (Å²) in [5.41, 5.74) is 3.73. The topological polar surface area (TPSA) is 12.5 Å². The minimum atomic E-state index is -0.435. The summed E-state index contributed by atoms with van der Waals surface area (Å²) in [5, 5.41) is 0. The average molecular weight is 269 g/mol. The van der Waals surface area contributed by atoms with E-state index in [2.05, 4.69) is 18.0 Å². The van der Waals surface area contributed by atoms with Gasteiger partial charge in [0.25, 0.3) is 0 Å². The van der Waals surface area contributed by atoms with Crippen LogP contribution < -0.4 is 4.74 Å². The molecule has 1 spiro atoms. The van der Waals surface area contributed by atoms with Crippen LogP contribution in [0.4, 0.5) is 4.39 Å². The van der Waals surface area contributed by atoms with Crippen molar-refractivity contribution >= 4 is 0 Å². The van der Waals surface area contributed by atoms with Crippen LogP contribution in [-0.2, 0) is 11.8 Å². The minimum Gasteiger partial charge on any atom is -0.482 e. The van der Waals surface area contributed by atoms with Crippen molar-refractivity contribution in [3.8, 4) is 5.75 Å². The first-order valence-electron chi connectivity index (χ1n) is 7.29. The quantitative estimate of drug-likeness (QED) is 0.718. The highest BCUT2D eigenvalue weighted by molar-refractivity contribution is 5.63. The lowest BCUT2D eigenvalue weighted by Gasteiger charge is -2.52. The summed E-state index contributed by atoms with van der Waals surface area (Å²) >= 11 is 0. The van der Waals surface area contributed by atoms with Crippen molar-refractivity contribution in [1.29, 1.82) is 0 Å². The second-order valence-corrected chi connectivity index (χ2v) is 6.38. The molecule has 1 aromatic rings. The number of hydrogen-bond donors (Lipinski definition) is 0. The molecule has 1 saturated heterocycles. The summed E-state index contributed by atoms with van der Waals surface area (Å²) in [5.74, 6) is 0.771. The molecule has 2 unspecified atom stereocenters. The zero-order chi connectivity index (χ0) is 13.5. The van der Waals surface area contributed by atoms with Gasteiger partial charge >= 0.3 is 0 Å². The first kappa shape index (κ1) is 11.1. The maximum absolute atomic E-state index is 14.4. The highest BCUT2D eigenvalue weighted by Gasteiger charge is 2.60. The van der Waals surface area contributed by atoms with E-state index in [9.17, 15) is 4.39 Å². The Morgan fingerprint density at radius 1 is 1.35 bits per heavy atom. The molecule has 5 rings (SSSR count). The maximum Gasteiger partial charge on any atom is 0.163 e. The second-order valence-electron chi connectivity index (χ2n) is 6.38. The van der Waals surface area contributed by atoms with Crippen LogP contribution in [0, 0.1) is 0 Å². The molecule has 4 aliphatic rings. The molecule has 2 heterocycles. The molecule has 2 aliphatic heterocycles. The van der Waals surface area contributed by atoms with E-state index in [1.165, 1.54) is 16.7 Å². The van der Waals surface area contributed by atoms with E-state index in [0.29, 0.717) is 6.04 Å². The van der Waals surface area contributed by atoms with Crippen molar-refractivity contribution in [3.05, 3.63) is 52.9 Å². The SMILES string of the molecule is CN1CCC23C4=CC=C(F)[C@@H]2Oc2cccc(c23)CC41. The van der Waals surface area contributed by atoms with Gasteiger partial charge in [-0.1, -0.05) is 18.2 Å². The lowest BCUT2D eigenvalue weighted by Crippen LogP contribution is -2.58. The van der Waals surface area contributed by atoms with Gasteiger partial charge in [0.1, 0.15) is 11.6 Å². The molecular weight excluding hydrogens is 253 g/mol. The summed E-state index contributed by atoms with van der Waals surface area (Å²) in [6, 6.07) is 6.61. The van der Waals surface area contributed by atoms with Crippen molar-refractivity contribution in [2.24, 2.45) is 0 Å². The standard InChI is InChI=1S/C17H16FNO/c1-19-8-7-17-11-5-6-12(18)16(17)20-14-4-2-3-10(15(14)17)9-13(11)19/h2-6,13,16H,7-9H2,1H3/t13?,16-,17?/m0/s1. The predicted molar refractivity (Wildman–Crippen MR) is 74.5 cm³/mol. The molecule has 0 N–H and O–H groups in total. The predicted octanol–water partition coefficient (Wildman–Crippen LogP) is 2.74. The van der Waals surface area contributed by atoms with Crippen LogP contribution in [0.25, 0.3) is 0 Å². The largest absolute Gasteiger partial charge is 0.482 e. The van der Waals surface area contributed by atoms with Gasteiger partial charge in [0.15, 0.2) is 6.10 Å².